The van der Waals surface area contributed by atoms with Crippen LogP contribution < -0.4 is 5.32 Å². The molecule has 5 nitrogen and oxygen atoms in total. The molecule has 122 valence electrons. The zero-order valence-corrected chi connectivity index (χ0v) is 13.8. The summed E-state index contributed by atoms with van der Waals surface area (Å²) in [6.07, 6.45) is 2.34. The fourth-order valence-electron chi connectivity index (χ4n) is 3.23. The second kappa shape index (κ2) is 7.94. The minimum atomic E-state index is 0.0814. The summed E-state index contributed by atoms with van der Waals surface area (Å²) in [4.78, 5) is 16.8. The lowest BCUT2D eigenvalue weighted by molar-refractivity contribution is 0.0249. The number of thiophene rings is 1. The molecule has 2 aliphatic heterocycles. The van der Waals surface area contributed by atoms with E-state index in [1.807, 2.05) is 10.3 Å². The SMILES string of the molecule is O=C(NCc1ccsc1)N1CCC[C@@H](CN2CCOCC2)C1. The van der Waals surface area contributed by atoms with E-state index in [1.165, 1.54) is 12.0 Å². The maximum atomic E-state index is 12.3. The van der Waals surface area contributed by atoms with Gasteiger partial charge < -0.3 is 15.0 Å². The Balaban J connectivity index is 1.43. The number of nitrogens with zero attached hydrogens (tertiary/aromatic N) is 2. The molecule has 0 bridgehead atoms. The van der Waals surface area contributed by atoms with Gasteiger partial charge in [-0.05, 0) is 41.1 Å². The summed E-state index contributed by atoms with van der Waals surface area (Å²) in [5.41, 5.74) is 1.18. The molecule has 2 aliphatic rings. The molecule has 2 amide bonds. The summed E-state index contributed by atoms with van der Waals surface area (Å²) in [5.74, 6) is 0.596. The van der Waals surface area contributed by atoms with Crippen LogP contribution in [-0.2, 0) is 11.3 Å². The molecule has 3 rings (SSSR count). The van der Waals surface area contributed by atoms with E-state index in [2.05, 4.69) is 21.7 Å². The number of ether oxygens (including phenoxy) is 1. The Kier molecular flexibility index (Phi) is 5.70. The first-order valence-electron chi connectivity index (χ1n) is 8.15. The van der Waals surface area contributed by atoms with Crippen LogP contribution in [0.5, 0.6) is 0 Å². The summed E-state index contributed by atoms with van der Waals surface area (Å²) in [6.45, 7) is 7.24. The molecular formula is C16H25N3O2S. The van der Waals surface area contributed by atoms with Crippen molar-refractivity contribution in [2.45, 2.75) is 19.4 Å². The van der Waals surface area contributed by atoms with Crippen molar-refractivity contribution in [3.8, 4) is 0 Å². The number of likely N-dealkylation sites (tertiary alicyclic amines) is 1. The van der Waals surface area contributed by atoms with E-state index < -0.39 is 0 Å². The Hall–Kier alpha value is -1.11. The van der Waals surface area contributed by atoms with Crippen molar-refractivity contribution in [3.63, 3.8) is 0 Å². The molecule has 0 unspecified atom stereocenters. The zero-order valence-electron chi connectivity index (χ0n) is 13.0. The third-order valence-electron chi connectivity index (χ3n) is 4.45. The van der Waals surface area contributed by atoms with Crippen LogP contribution >= 0.6 is 11.3 Å². The molecule has 2 saturated heterocycles. The van der Waals surface area contributed by atoms with Crippen molar-refractivity contribution >= 4 is 17.4 Å². The van der Waals surface area contributed by atoms with Gasteiger partial charge in [-0.2, -0.15) is 11.3 Å². The third-order valence-corrected chi connectivity index (χ3v) is 5.18. The first-order chi connectivity index (χ1) is 10.8. The summed E-state index contributed by atoms with van der Waals surface area (Å²) >= 11 is 1.67. The van der Waals surface area contributed by atoms with Gasteiger partial charge in [-0.15, -0.1) is 0 Å². The fraction of sp³-hybridized carbons (Fsp3) is 0.688. The van der Waals surface area contributed by atoms with Gasteiger partial charge >= 0.3 is 6.03 Å². The van der Waals surface area contributed by atoms with Gasteiger partial charge in [0, 0.05) is 39.3 Å². The van der Waals surface area contributed by atoms with E-state index in [0.29, 0.717) is 12.5 Å². The molecule has 1 atom stereocenters. The number of hydrogen-bond acceptors (Lipinski definition) is 4. The predicted molar refractivity (Wildman–Crippen MR) is 88.1 cm³/mol. The van der Waals surface area contributed by atoms with E-state index in [1.54, 1.807) is 11.3 Å². The Morgan fingerprint density at radius 1 is 1.36 bits per heavy atom. The minimum Gasteiger partial charge on any atom is -0.379 e. The van der Waals surface area contributed by atoms with Crippen LogP contribution in [0, 0.1) is 5.92 Å². The molecule has 6 heteroatoms. The molecule has 2 fully saturated rings. The lowest BCUT2D eigenvalue weighted by atomic mass is 9.97. The van der Waals surface area contributed by atoms with Crippen molar-refractivity contribution in [2.75, 3.05) is 45.9 Å². The lowest BCUT2D eigenvalue weighted by Gasteiger charge is -2.36. The summed E-state index contributed by atoms with van der Waals surface area (Å²) in [6, 6.07) is 2.14. The fourth-order valence-corrected chi connectivity index (χ4v) is 3.90. The van der Waals surface area contributed by atoms with Crippen LogP contribution in [0.25, 0.3) is 0 Å². The van der Waals surface area contributed by atoms with Gasteiger partial charge in [0.1, 0.15) is 0 Å². The Bertz CT molecular complexity index is 460. The minimum absolute atomic E-state index is 0.0814. The predicted octanol–water partition coefficient (Wildman–Crippen LogP) is 2.00. The number of nitrogens with one attached hydrogen (secondary N) is 1. The van der Waals surface area contributed by atoms with Crippen LogP contribution in [0.4, 0.5) is 4.79 Å². The van der Waals surface area contributed by atoms with Crippen molar-refractivity contribution < 1.29 is 9.53 Å². The number of morpholine rings is 1. The first-order valence-corrected chi connectivity index (χ1v) is 9.09. The highest BCUT2D eigenvalue weighted by Crippen LogP contribution is 2.18. The molecular weight excluding hydrogens is 298 g/mol. The Morgan fingerprint density at radius 2 is 2.23 bits per heavy atom. The average molecular weight is 323 g/mol. The maximum Gasteiger partial charge on any atom is 0.317 e. The van der Waals surface area contributed by atoms with E-state index in [9.17, 15) is 4.79 Å². The molecule has 0 aromatic carbocycles. The normalized spacial score (nSPS) is 23.5. The molecule has 3 heterocycles. The van der Waals surface area contributed by atoms with Gasteiger partial charge in [-0.25, -0.2) is 4.79 Å². The quantitative estimate of drug-likeness (QED) is 0.922. The molecule has 1 aromatic rings. The van der Waals surface area contributed by atoms with Crippen molar-refractivity contribution in [2.24, 2.45) is 5.92 Å². The topological polar surface area (TPSA) is 44.8 Å². The molecule has 0 spiro atoms. The van der Waals surface area contributed by atoms with E-state index >= 15 is 0 Å². The molecule has 0 aliphatic carbocycles. The van der Waals surface area contributed by atoms with Gasteiger partial charge in [-0.3, -0.25) is 4.90 Å². The second-order valence-corrected chi connectivity index (χ2v) is 6.94. The van der Waals surface area contributed by atoms with Gasteiger partial charge in [0.15, 0.2) is 0 Å². The number of rotatable bonds is 4. The average Bonchev–Trinajstić information content (AvgIpc) is 3.07. The highest BCUT2D eigenvalue weighted by atomic mass is 32.1. The lowest BCUT2D eigenvalue weighted by Crippen LogP contribution is -2.48. The number of urea groups is 1. The summed E-state index contributed by atoms with van der Waals surface area (Å²) in [7, 11) is 0. The molecule has 0 radical (unpaired) electrons. The molecule has 1 aromatic heterocycles. The number of hydrogen-bond donors (Lipinski definition) is 1. The molecule has 1 N–H and O–H groups in total. The first kappa shape index (κ1) is 15.8. The van der Waals surface area contributed by atoms with Crippen molar-refractivity contribution in [1.82, 2.24) is 15.1 Å². The van der Waals surface area contributed by atoms with Crippen molar-refractivity contribution in [3.05, 3.63) is 22.4 Å². The molecule has 0 saturated carbocycles. The Labute approximate surface area is 136 Å². The third kappa shape index (κ3) is 4.44. The van der Waals surface area contributed by atoms with Crippen LogP contribution in [0.1, 0.15) is 18.4 Å². The highest BCUT2D eigenvalue weighted by molar-refractivity contribution is 7.07. The van der Waals surface area contributed by atoms with Gasteiger partial charge in [0.05, 0.1) is 13.2 Å². The summed E-state index contributed by atoms with van der Waals surface area (Å²) < 4.78 is 5.40. The smallest absolute Gasteiger partial charge is 0.317 e. The van der Waals surface area contributed by atoms with E-state index in [0.717, 1.165) is 52.4 Å². The Morgan fingerprint density at radius 3 is 3.00 bits per heavy atom. The zero-order chi connectivity index (χ0) is 15.2. The standard InChI is InChI=1S/C16H25N3O2S/c20-16(17-10-14-3-9-22-13-14)19-4-1-2-15(12-19)11-18-5-7-21-8-6-18/h3,9,13,15H,1-2,4-8,10-12H2,(H,17,20)/t15-/m0/s1. The number of amides is 2. The van der Waals surface area contributed by atoms with Crippen molar-refractivity contribution in [1.29, 1.82) is 0 Å². The van der Waals surface area contributed by atoms with E-state index in [4.69, 9.17) is 4.74 Å². The molecule has 22 heavy (non-hydrogen) atoms. The van der Waals surface area contributed by atoms with Crippen LogP contribution in [0.15, 0.2) is 16.8 Å². The van der Waals surface area contributed by atoms with Crippen LogP contribution in [-0.4, -0.2) is 61.8 Å². The van der Waals surface area contributed by atoms with Gasteiger partial charge in [0.25, 0.3) is 0 Å². The van der Waals surface area contributed by atoms with Crippen LogP contribution in [0.2, 0.25) is 0 Å². The number of carbonyl (C=O) groups excluding carboxylic acids is 1. The number of carbonyl (C=O) groups is 1. The maximum absolute atomic E-state index is 12.3. The summed E-state index contributed by atoms with van der Waals surface area (Å²) in [5, 5.41) is 7.16. The van der Waals surface area contributed by atoms with E-state index in [-0.39, 0.29) is 6.03 Å². The van der Waals surface area contributed by atoms with Gasteiger partial charge in [0.2, 0.25) is 0 Å². The number of piperidine rings is 1. The highest BCUT2D eigenvalue weighted by Gasteiger charge is 2.25. The van der Waals surface area contributed by atoms with Crippen LogP contribution in [0.3, 0.4) is 0 Å². The largest absolute Gasteiger partial charge is 0.379 e. The van der Waals surface area contributed by atoms with Gasteiger partial charge in [-0.1, -0.05) is 0 Å². The second-order valence-electron chi connectivity index (χ2n) is 6.16. The monoisotopic (exact) mass is 323 g/mol.